The van der Waals surface area contributed by atoms with Gasteiger partial charge < -0.3 is 20.7 Å². The van der Waals surface area contributed by atoms with Crippen LogP contribution in [0.1, 0.15) is 25.7 Å². The Kier molecular flexibility index (Phi) is 3.33. The smallest absolute Gasteiger partial charge is 0.264 e. The van der Waals surface area contributed by atoms with Gasteiger partial charge in [0.2, 0.25) is 5.91 Å². The van der Waals surface area contributed by atoms with Gasteiger partial charge in [-0.2, -0.15) is 0 Å². The van der Waals surface area contributed by atoms with Crippen LogP contribution in [-0.2, 0) is 9.59 Å². The van der Waals surface area contributed by atoms with Crippen LogP contribution in [-0.4, -0.2) is 31.0 Å². The topological polar surface area (TPSA) is 84.7 Å². The first-order chi connectivity index (χ1) is 9.99. The molecule has 21 heavy (non-hydrogen) atoms. The van der Waals surface area contributed by atoms with Gasteiger partial charge in [0.15, 0.2) is 6.61 Å². The van der Waals surface area contributed by atoms with Crippen LogP contribution in [0.25, 0.3) is 0 Å². The van der Waals surface area contributed by atoms with E-state index in [1.807, 2.05) is 0 Å². The number of anilines is 2. The summed E-state index contributed by atoms with van der Waals surface area (Å²) >= 11 is 0. The average Bonchev–Trinajstić information content (AvgIpc) is 2.92. The van der Waals surface area contributed by atoms with Crippen molar-refractivity contribution in [2.24, 2.45) is 5.73 Å². The Morgan fingerprint density at radius 2 is 2.10 bits per heavy atom. The molecule has 2 amide bonds. The summed E-state index contributed by atoms with van der Waals surface area (Å²) in [6, 6.07) is 5.26. The number of hydrogen-bond acceptors (Lipinski definition) is 4. The van der Waals surface area contributed by atoms with Crippen LogP contribution < -0.4 is 20.7 Å². The molecule has 1 fully saturated rings. The molecule has 0 radical (unpaired) electrons. The Hall–Kier alpha value is -2.08. The van der Waals surface area contributed by atoms with Crippen LogP contribution in [0.2, 0.25) is 0 Å². The molecule has 1 heterocycles. The monoisotopic (exact) mass is 289 g/mol. The van der Waals surface area contributed by atoms with E-state index in [2.05, 4.69) is 5.32 Å². The van der Waals surface area contributed by atoms with Crippen LogP contribution in [0.5, 0.6) is 5.75 Å². The normalized spacial score (nSPS) is 19.9. The standard InChI is InChI=1S/C15H19N3O3/c1-18-11-8-10(4-5-12(11)21-9-13(18)19)17-14(20)15(16)6-2-3-7-15/h4-5,8H,2-3,6-7,9,16H2,1H3,(H,17,20). The predicted octanol–water partition coefficient (Wildman–Crippen LogP) is 1.25. The number of amides is 2. The third kappa shape index (κ3) is 2.47. The van der Waals surface area contributed by atoms with E-state index >= 15 is 0 Å². The molecule has 2 aliphatic rings. The van der Waals surface area contributed by atoms with Crippen molar-refractivity contribution < 1.29 is 14.3 Å². The third-order valence-electron chi connectivity index (χ3n) is 4.25. The molecule has 1 aromatic rings. The minimum absolute atomic E-state index is 0.0428. The number of carbonyl (C=O) groups is 2. The molecule has 6 nitrogen and oxygen atoms in total. The van der Waals surface area contributed by atoms with Crippen molar-refractivity contribution in [2.75, 3.05) is 23.9 Å². The van der Waals surface area contributed by atoms with Gasteiger partial charge in [0, 0.05) is 12.7 Å². The van der Waals surface area contributed by atoms with Crippen molar-refractivity contribution in [2.45, 2.75) is 31.2 Å². The first-order valence-corrected chi connectivity index (χ1v) is 7.13. The second kappa shape index (κ2) is 5.04. The number of benzene rings is 1. The van der Waals surface area contributed by atoms with E-state index in [1.165, 1.54) is 4.90 Å². The summed E-state index contributed by atoms with van der Waals surface area (Å²) in [4.78, 5) is 25.5. The molecule has 6 heteroatoms. The third-order valence-corrected chi connectivity index (χ3v) is 4.25. The van der Waals surface area contributed by atoms with Crippen molar-refractivity contribution in [3.8, 4) is 5.75 Å². The number of ether oxygens (including phenoxy) is 1. The largest absolute Gasteiger partial charge is 0.482 e. The van der Waals surface area contributed by atoms with Crippen LogP contribution >= 0.6 is 0 Å². The minimum atomic E-state index is -0.770. The lowest BCUT2D eigenvalue weighted by Gasteiger charge is -2.27. The highest BCUT2D eigenvalue weighted by Crippen LogP contribution is 2.34. The van der Waals surface area contributed by atoms with Gasteiger partial charge in [0.25, 0.3) is 5.91 Å². The SMILES string of the molecule is CN1C(=O)COc2ccc(NC(=O)C3(N)CCCC3)cc21. The molecule has 112 valence electrons. The molecule has 3 rings (SSSR count). The van der Waals surface area contributed by atoms with Crippen molar-refractivity contribution in [1.82, 2.24) is 0 Å². The minimum Gasteiger partial charge on any atom is -0.482 e. The zero-order valence-electron chi connectivity index (χ0n) is 12.0. The number of fused-ring (bicyclic) bond motifs is 1. The molecule has 0 unspecified atom stereocenters. The van der Waals surface area contributed by atoms with Gasteiger partial charge in [-0.25, -0.2) is 0 Å². The van der Waals surface area contributed by atoms with E-state index < -0.39 is 5.54 Å². The Labute approximate surface area is 123 Å². The molecular formula is C15H19N3O3. The second-order valence-corrected chi connectivity index (χ2v) is 5.74. The van der Waals surface area contributed by atoms with Gasteiger partial charge in [-0.3, -0.25) is 9.59 Å². The lowest BCUT2D eigenvalue weighted by atomic mass is 9.98. The van der Waals surface area contributed by atoms with E-state index in [-0.39, 0.29) is 18.4 Å². The van der Waals surface area contributed by atoms with Crippen LogP contribution in [0.4, 0.5) is 11.4 Å². The number of hydrogen-bond donors (Lipinski definition) is 2. The Balaban J connectivity index is 1.81. The number of carbonyl (C=O) groups excluding carboxylic acids is 2. The van der Waals surface area contributed by atoms with Crippen molar-refractivity contribution >= 4 is 23.2 Å². The molecule has 1 saturated carbocycles. The zero-order valence-corrected chi connectivity index (χ0v) is 12.0. The van der Waals surface area contributed by atoms with Crippen LogP contribution in [0.15, 0.2) is 18.2 Å². The fourth-order valence-corrected chi connectivity index (χ4v) is 2.84. The molecule has 0 saturated heterocycles. The number of nitrogens with two attached hydrogens (primary N) is 1. The number of nitrogens with one attached hydrogen (secondary N) is 1. The molecule has 0 atom stereocenters. The summed E-state index contributed by atoms with van der Waals surface area (Å²) in [6.07, 6.45) is 3.40. The molecule has 1 aliphatic carbocycles. The first kappa shape index (κ1) is 13.9. The van der Waals surface area contributed by atoms with Gasteiger partial charge in [-0.05, 0) is 31.0 Å². The van der Waals surface area contributed by atoms with Crippen LogP contribution in [0.3, 0.4) is 0 Å². The molecular weight excluding hydrogens is 270 g/mol. The summed E-state index contributed by atoms with van der Waals surface area (Å²) in [7, 11) is 1.69. The fraction of sp³-hybridized carbons (Fsp3) is 0.467. The van der Waals surface area contributed by atoms with Gasteiger partial charge in [-0.15, -0.1) is 0 Å². The Bertz CT molecular complexity index is 594. The lowest BCUT2D eigenvalue weighted by Crippen LogP contribution is -2.48. The van der Waals surface area contributed by atoms with Crippen molar-refractivity contribution in [1.29, 1.82) is 0 Å². The maximum absolute atomic E-state index is 12.3. The van der Waals surface area contributed by atoms with Crippen molar-refractivity contribution in [3.05, 3.63) is 18.2 Å². The van der Waals surface area contributed by atoms with Gasteiger partial charge in [0.1, 0.15) is 5.75 Å². The summed E-state index contributed by atoms with van der Waals surface area (Å²) in [5, 5.41) is 2.85. The van der Waals surface area contributed by atoms with E-state index in [9.17, 15) is 9.59 Å². The molecule has 3 N–H and O–H groups in total. The number of rotatable bonds is 2. The quantitative estimate of drug-likeness (QED) is 0.858. The van der Waals surface area contributed by atoms with Gasteiger partial charge in [0.05, 0.1) is 11.2 Å². The van der Waals surface area contributed by atoms with Gasteiger partial charge in [-0.1, -0.05) is 12.8 Å². The van der Waals surface area contributed by atoms with E-state index in [1.54, 1.807) is 25.2 Å². The highest BCUT2D eigenvalue weighted by Gasteiger charge is 2.37. The van der Waals surface area contributed by atoms with Crippen molar-refractivity contribution in [3.63, 3.8) is 0 Å². The predicted molar refractivity (Wildman–Crippen MR) is 79.4 cm³/mol. The van der Waals surface area contributed by atoms with E-state index in [4.69, 9.17) is 10.5 Å². The highest BCUT2D eigenvalue weighted by molar-refractivity contribution is 6.01. The first-order valence-electron chi connectivity index (χ1n) is 7.13. The maximum atomic E-state index is 12.3. The van der Waals surface area contributed by atoms with E-state index in [0.717, 1.165) is 12.8 Å². The highest BCUT2D eigenvalue weighted by atomic mass is 16.5. The molecule has 0 spiro atoms. The molecule has 0 bridgehead atoms. The van der Waals surface area contributed by atoms with Gasteiger partial charge >= 0.3 is 0 Å². The number of nitrogens with zero attached hydrogens (tertiary/aromatic N) is 1. The summed E-state index contributed by atoms with van der Waals surface area (Å²) in [6.45, 7) is 0.0428. The second-order valence-electron chi connectivity index (χ2n) is 5.74. The zero-order chi connectivity index (χ0) is 15.0. The maximum Gasteiger partial charge on any atom is 0.264 e. The summed E-state index contributed by atoms with van der Waals surface area (Å²) in [5.74, 6) is 0.362. The number of likely N-dealkylation sites (N-methyl/N-ethyl adjacent to an activating group) is 1. The van der Waals surface area contributed by atoms with E-state index in [0.29, 0.717) is 30.0 Å². The summed E-state index contributed by atoms with van der Waals surface area (Å²) in [5.41, 5.74) is 6.65. The average molecular weight is 289 g/mol. The molecule has 0 aromatic heterocycles. The van der Waals surface area contributed by atoms with Crippen LogP contribution in [0, 0.1) is 0 Å². The molecule has 1 aliphatic heterocycles. The Morgan fingerprint density at radius 3 is 2.81 bits per heavy atom. The lowest BCUT2D eigenvalue weighted by molar-refractivity contribution is -0.121. The fourth-order valence-electron chi connectivity index (χ4n) is 2.84. The Morgan fingerprint density at radius 1 is 1.38 bits per heavy atom. The summed E-state index contributed by atoms with van der Waals surface area (Å²) < 4.78 is 5.36. The molecule has 1 aromatic carbocycles.